The predicted octanol–water partition coefficient (Wildman–Crippen LogP) is 2.68. The summed E-state index contributed by atoms with van der Waals surface area (Å²) >= 11 is 0. The molecule has 0 fully saturated rings. The summed E-state index contributed by atoms with van der Waals surface area (Å²) in [7, 11) is -3.35. The molecule has 0 aliphatic heterocycles. The minimum absolute atomic E-state index is 0.0686. The van der Waals surface area contributed by atoms with Crippen LogP contribution in [0.15, 0.2) is 24.3 Å². The molecule has 1 aromatic rings. The average molecular weight is 299 g/mol. The first kappa shape index (κ1) is 16.5. The lowest BCUT2D eigenvalue weighted by molar-refractivity contribution is -0.144. The van der Waals surface area contributed by atoms with Gasteiger partial charge in [-0.25, -0.2) is 8.42 Å². The third kappa shape index (κ3) is 5.61. The SMILES string of the molecule is CCCCS(=O)(=O)Nc1ccccc1COC(=O)CC. The zero-order valence-electron chi connectivity index (χ0n) is 11.9. The van der Waals surface area contributed by atoms with Crippen molar-refractivity contribution in [1.82, 2.24) is 0 Å². The lowest BCUT2D eigenvalue weighted by atomic mass is 10.2. The Morgan fingerprint density at radius 1 is 1.25 bits per heavy atom. The van der Waals surface area contributed by atoms with E-state index in [1.54, 1.807) is 31.2 Å². The van der Waals surface area contributed by atoms with E-state index in [9.17, 15) is 13.2 Å². The van der Waals surface area contributed by atoms with Gasteiger partial charge in [-0.15, -0.1) is 0 Å². The van der Waals surface area contributed by atoms with Crippen molar-refractivity contribution in [3.63, 3.8) is 0 Å². The number of esters is 1. The third-order valence-corrected chi connectivity index (χ3v) is 4.08. The highest BCUT2D eigenvalue weighted by molar-refractivity contribution is 7.92. The van der Waals surface area contributed by atoms with Crippen LogP contribution in [-0.2, 0) is 26.2 Å². The van der Waals surface area contributed by atoms with Crippen molar-refractivity contribution in [2.24, 2.45) is 0 Å². The minimum atomic E-state index is -3.35. The fourth-order valence-corrected chi connectivity index (χ4v) is 2.86. The summed E-state index contributed by atoms with van der Waals surface area (Å²) in [6.07, 6.45) is 1.73. The number of unbranched alkanes of at least 4 members (excludes halogenated alkanes) is 1. The first-order valence-electron chi connectivity index (χ1n) is 6.72. The molecule has 1 rings (SSSR count). The number of ether oxygens (including phenoxy) is 1. The van der Waals surface area contributed by atoms with E-state index in [0.717, 1.165) is 6.42 Å². The Morgan fingerprint density at radius 2 is 1.95 bits per heavy atom. The number of anilines is 1. The van der Waals surface area contributed by atoms with Crippen molar-refractivity contribution in [3.8, 4) is 0 Å². The van der Waals surface area contributed by atoms with Crippen LogP contribution in [0.3, 0.4) is 0 Å². The number of benzene rings is 1. The number of carbonyl (C=O) groups is 1. The van der Waals surface area contributed by atoms with Gasteiger partial charge in [0.15, 0.2) is 0 Å². The Hall–Kier alpha value is -1.56. The molecule has 20 heavy (non-hydrogen) atoms. The summed E-state index contributed by atoms with van der Waals surface area (Å²) in [5.74, 6) is -0.222. The maximum atomic E-state index is 11.9. The van der Waals surface area contributed by atoms with Crippen LogP contribution in [0.4, 0.5) is 5.69 Å². The zero-order valence-corrected chi connectivity index (χ0v) is 12.7. The number of rotatable bonds is 8. The van der Waals surface area contributed by atoms with E-state index >= 15 is 0 Å². The molecule has 6 heteroatoms. The van der Waals surface area contributed by atoms with Gasteiger partial charge < -0.3 is 4.74 Å². The molecule has 0 aromatic heterocycles. The molecule has 0 radical (unpaired) electrons. The van der Waals surface area contributed by atoms with E-state index in [2.05, 4.69) is 4.72 Å². The molecule has 112 valence electrons. The summed E-state index contributed by atoms with van der Waals surface area (Å²) < 4.78 is 31.4. The number of hydrogen-bond acceptors (Lipinski definition) is 4. The number of carbonyl (C=O) groups excluding carboxylic acids is 1. The van der Waals surface area contributed by atoms with Gasteiger partial charge >= 0.3 is 5.97 Å². The lowest BCUT2D eigenvalue weighted by Gasteiger charge is -2.12. The van der Waals surface area contributed by atoms with Crippen molar-refractivity contribution in [3.05, 3.63) is 29.8 Å². The molecule has 0 bridgehead atoms. The normalized spacial score (nSPS) is 11.1. The lowest BCUT2D eigenvalue weighted by Crippen LogP contribution is -2.18. The van der Waals surface area contributed by atoms with E-state index in [1.165, 1.54) is 0 Å². The maximum Gasteiger partial charge on any atom is 0.305 e. The predicted molar refractivity (Wildman–Crippen MR) is 78.8 cm³/mol. The Balaban J connectivity index is 2.77. The van der Waals surface area contributed by atoms with Crippen LogP contribution < -0.4 is 4.72 Å². The first-order chi connectivity index (χ1) is 9.48. The van der Waals surface area contributed by atoms with Crippen molar-refractivity contribution in [1.29, 1.82) is 0 Å². The van der Waals surface area contributed by atoms with Crippen LogP contribution in [0.2, 0.25) is 0 Å². The largest absolute Gasteiger partial charge is 0.461 e. The molecule has 0 atom stereocenters. The topological polar surface area (TPSA) is 72.5 Å². The number of sulfonamides is 1. The highest BCUT2D eigenvalue weighted by Gasteiger charge is 2.12. The Labute approximate surface area is 120 Å². The molecule has 0 heterocycles. The maximum absolute atomic E-state index is 11.9. The molecule has 5 nitrogen and oxygen atoms in total. The van der Waals surface area contributed by atoms with Gasteiger partial charge in [0.05, 0.1) is 11.4 Å². The van der Waals surface area contributed by atoms with Gasteiger partial charge in [-0.2, -0.15) is 0 Å². The van der Waals surface area contributed by atoms with Gasteiger partial charge in [-0.05, 0) is 12.5 Å². The van der Waals surface area contributed by atoms with Crippen LogP contribution in [0.5, 0.6) is 0 Å². The van der Waals surface area contributed by atoms with Crippen LogP contribution in [0.1, 0.15) is 38.7 Å². The van der Waals surface area contributed by atoms with Crippen LogP contribution >= 0.6 is 0 Å². The van der Waals surface area contributed by atoms with Gasteiger partial charge in [0, 0.05) is 12.0 Å². The molecule has 0 spiro atoms. The summed E-state index contributed by atoms with van der Waals surface area (Å²) in [6, 6.07) is 6.92. The van der Waals surface area contributed by atoms with E-state index in [0.29, 0.717) is 24.1 Å². The van der Waals surface area contributed by atoms with Crippen LogP contribution in [0.25, 0.3) is 0 Å². The summed E-state index contributed by atoms with van der Waals surface area (Å²) in [5, 5.41) is 0. The Bertz CT molecular complexity index is 540. The summed E-state index contributed by atoms with van der Waals surface area (Å²) in [5.41, 5.74) is 1.11. The molecule has 0 saturated heterocycles. The molecule has 0 unspecified atom stereocenters. The standard InChI is InChI=1S/C14H21NO4S/c1-3-5-10-20(17,18)15-13-9-7-6-8-12(13)11-19-14(16)4-2/h6-9,15H,3-5,10-11H2,1-2H3. The van der Waals surface area contributed by atoms with Gasteiger partial charge in [-0.1, -0.05) is 38.5 Å². The van der Waals surface area contributed by atoms with Gasteiger partial charge in [-0.3, -0.25) is 9.52 Å². The van der Waals surface area contributed by atoms with Crippen molar-refractivity contribution in [2.75, 3.05) is 10.5 Å². The zero-order chi connectivity index (χ0) is 15.0. The quantitative estimate of drug-likeness (QED) is 0.749. The molecule has 0 amide bonds. The minimum Gasteiger partial charge on any atom is -0.461 e. The van der Waals surface area contributed by atoms with E-state index in [4.69, 9.17) is 4.74 Å². The molecule has 0 aliphatic carbocycles. The van der Waals surface area contributed by atoms with Crippen molar-refractivity contribution in [2.45, 2.75) is 39.7 Å². The number of nitrogens with one attached hydrogen (secondary N) is 1. The third-order valence-electron chi connectivity index (χ3n) is 2.73. The number of hydrogen-bond donors (Lipinski definition) is 1. The molecular weight excluding hydrogens is 278 g/mol. The Morgan fingerprint density at radius 3 is 2.60 bits per heavy atom. The van der Waals surface area contributed by atoms with Gasteiger partial charge in [0.1, 0.15) is 6.61 Å². The molecule has 0 saturated carbocycles. The smallest absolute Gasteiger partial charge is 0.305 e. The molecular formula is C14H21NO4S. The average Bonchev–Trinajstić information content (AvgIpc) is 2.43. The second-order valence-corrected chi connectivity index (χ2v) is 6.29. The van der Waals surface area contributed by atoms with E-state index in [1.807, 2.05) is 6.92 Å². The van der Waals surface area contributed by atoms with Gasteiger partial charge in [0.2, 0.25) is 10.0 Å². The monoisotopic (exact) mass is 299 g/mol. The van der Waals surface area contributed by atoms with Crippen LogP contribution in [-0.4, -0.2) is 20.1 Å². The first-order valence-corrected chi connectivity index (χ1v) is 8.37. The highest BCUT2D eigenvalue weighted by atomic mass is 32.2. The van der Waals surface area contributed by atoms with E-state index < -0.39 is 10.0 Å². The Kier molecular flexibility index (Phi) is 6.51. The van der Waals surface area contributed by atoms with E-state index in [-0.39, 0.29) is 18.3 Å². The number of para-hydroxylation sites is 1. The second kappa shape index (κ2) is 7.89. The summed E-state index contributed by atoms with van der Waals surface area (Å²) in [6.45, 7) is 3.72. The van der Waals surface area contributed by atoms with Crippen LogP contribution in [0, 0.1) is 0 Å². The van der Waals surface area contributed by atoms with Gasteiger partial charge in [0.25, 0.3) is 0 Å². The van der Waals surface area contributed by atoms with Crippen molar-refractivity contribution < 1.29 is 17.9 Å². The molecule has 0 aliphatic rings. The second-order valence-electron chi connectivity index (χ2n) is 4.45. The summed E-state index contributed by atoms with van der Waals surface area (Å²) in [4.78, 5) is 11.2. The molecule has 1 aromatic carbocycles. The fraction of sp³-hybridized carbons (Fsp3) is 0.500. The highest BCUT2D eigenvalue weighted by Crippen LogP contribution is 2.18. The fourth-order valence-electron chi connectivity index (χ4n) is 1.56. The molecule has 1 N–H and O–H groups in total. The van der Waals surface area contributed by atoms with Crippen molar-refractivity contribution >= 4 is 21.7 Å².